The molecule has 21 heavy (non-hydrogen) atoms. The molecule has 0 radical (unpaired) electrons. The summed E-state index contributed by atoms with van der Waals surface area (Å²) >= 11 is 0. The van der Waals surface area contributed by atoms with Gasteiger partial charge in [-0.25, -0.2) is 8.42 Å². The Balaban J connectivity index is 2.95. The van der Waals surface area contributed by atoms with E-state index in [0.29, 0.717) is 6.42 Å². The van der Waals surface area contributed by atoms with Gasteiger partial charge < -0.3 is 0 Å². The van der Waals surface area contributed by atoms with Crippen molar-refractivity contribution in [3.8, 4) is 0 Å². The second-order valence-electron chi connectivity index (χ2n) is 5.72. The number of hydrazine groups is 1. The summed E-state index contributed by atoms with van der Waals surface area (Å²) in [5, 5.41) is 0. The van der Waals surface area contributed by atoms with Gasteiger partial charge in [-0.3, -0.25) is 11.3 Å². The number of hydrogen-bond donors (Lipinski definition) is 2. The van der Waals surface area contributed by atoms with E-state index in [2.05, 4.69) is 31.4 Å². The number of benzene rings is 1. The topological polar surface area (TPSA) is 72.2 Å². The quantitative estimate of drug-likeness (QED) is 0.542. The molecule has 0 bridgehead atoms. The summed E-state index contributed by atoms with van der Waals surface area (Å²) in [6.07, 6.45) is 4.58. The van der Waals surface area contributed by atoms with E-state index < -0.39 is 9.84 Å². The summed E-state index contributed by atoms with van der Waals surface area (Å²) in [5.74, 6) is 6.01. The van der Waals surface area contributed by atoms with Crippen LogP contribution in [0.25, 0.3) is 0 Å². The van der Waals surface area contributed by atoms with Crippen molar-refractivity contribution < 1.29 is 8.42 Å². The van der Waals surface area contributed by atoms with Gasteiger partial charge in [0, 0.05) is 23.5 Å². The predicted molar refractivity (Wildman–Crippen MR) is 88.8 cm³/mol. The maximum Gasteiger partial charge on any atom is 0.147 e. The molecule has 0 aliphatic rings. The maximum atomic E-state index is 11.3. The fourth-order valence-electron chi connectivity index (χ4n) is 3.19. The van der Waals surface area contributed by atoms with Gasteiger partial charge in [0.25, 0.3) is 0 Å². The molecule has 0 saturated carbocycles. The Hall–Kier alpha value is -0.910. The van der Waals surface area contributed by atoms with Crippen molar-refractivity contribution in [1.29, 1.82) is 0 Å². The Bertz CT molecular complexity index is 510. The van der Waals surface area contributed by atoms with E-state index >= 15 is 0 Å². The van der Waals surface area contributed by atoms with E-state index in [0.717, 1.165) is 19.3 Å². The van der Waals surface area contributed by atoms with Gasteiger partial charge in [0.05, 0.1) is 0 Å². The first-order valence-corrected chi connectivity index (χ1v) is 9.65. The lowest BCUT2D eigenvalue weighted by Crippen LogP contribution is -2.51. The van der Waals surface area contributed by atoms with E-state index in [1.54, 1.807) is 0 Å². The summed E-state index contributed by atoms with van der Waals surface area (Å²) in [7, 11) is -2.92. The van der Waals surface area contributed by atoms with Gasteiger partial charge >= 0.3 is 0 Å². The first kappa shape index (κ1) is 18.1. The van der Waals surface area contributed by atoms with Crippen molar-refractivity contribution >= 4 is 9.84 Å². The monoisotopic (exact) mass is 312 g/mol. The third-order valence-corrected chi connectivity index (χ3v) is 5.52. The molecule has 5 heteroatoms. The lowest BCUT2D eigenvalue weighted by Gasteiger charge is -2.40. The summed E-state index contributed by atoms with van der Waals surface area (Å²) in [6.45, 7) is 4.33. The lowest BCUT2D eigenvalue weighted by molar-refractivity contribution is 0.258. The summed E-state index contributed by atoms with van der Waals surface area (Å²) in [5.41, 5.74) is 4.13. The number of sulfone groups is 1. The molecule has 3 N–H and O–H groups in total. The first-order chi connectivity index (χ1) is 9.89. The van der Waals surface area contributed by atoms with Crippen LogP contribution in [0.4, 0.5) is 0 Å². The Morgan fingerprint density at radius 2 is 1.76 bits per heavy atom. The molecule has 0 heterocycles. The van der Waals surface area contributed by atoms with Gasteiger partial charge in [-0.05, 0) is 31.2 Å². The maximum absolute atomic E-state index is 11.3. The molecular weight excluding hydrogens is 284 g/mol. The predicted octanol–water partition coefficient (Wildman–Crippen LogP) is 2.40. The molecule has 0 spiro atoms. The first-order valence-electron chi connectivity index (χ1n) is 7.59. The standard InChI is InChI=1S/C16H28N2O2S/c1-4-16(5-2,14-10-7-6-8-11-14)15(18-17)12-9-13-21(3,19)20/h6-8,10-11,15,18H,4-5,9,12-13,17H2,1-3H3. The minimum absolute atomic E-state index is 0.0620. The van der Waals surface area contributed by atoms with Crippen molar-refractivity contribution in [1.82, 2.24) is 5.43 Å². The highest BCUT2D eigenvalue weighted by molar-refractivity contribution is 7.90. The molecular formula is C16H28N2O2S. The summed E-state index contributed by atoms with van der Waals surface area (Å²) < 4.78 is 22.6. The van der Waals surface area contributed by atoms with E-state index in [1.165, 1.54) is 11.8 Å². The molecule has 0 saturated heterocycles. The highest BCUT2D eigenvalue weighted by atomic mass is 32.2. The van der Waals surface area contributed by atoms with Crippen LogP contribution in [0, 0.1) is 0 Å². The molecule has 120 valence electrons. The van der Waals surface area contributed by atoms with Crippen LogP contribution < -0.4 is 11.3 Å². The number of nitrogens with two attached hydrogens (primary N) is 1. The molecule has 0 amide bonds. The smallest absolute Gasteiger partial charge is 0.147 e. The van der Waals surface area contributed by atoms with E-state index in [4.69, 9.17) is 5.84 Å². The van der Waals surface area contributed by atoms with Gasteiger partial charge in [0.15, 0.2) is 0 Å². The fraction of sp³-hybridized carbons (Fsp3) is 0.625. The number of nitrogens with one attached hydrogen (secondary N) is 1. The molecule has 0 aromatic heterocycles. The number of hydrogen-bond acceptors (Lipinski definition) is 4. The zero-order chi connectivity index (χ0) is 15.9. The largest absolute Gasteiger partial charge is 0.271 e. The van der Waals surface area contributed by atoms with Crippen LogP contribution in [0.2, 0.25) is 0 Å². The molecule has 1 unspecified atom stereocenters. The van der Waals surface area contributed by atoms with Crippen LogP contribution in [0.5, 0.6) is 0 Å². The summed E-state index contributed by atoms with van der Waals surface area (Å²) in [6, 6.07) is 10.4. The van der Waals surface area contributed by atoms with Gasteiger partial charge in [0.1, 0.15) is 9.84 Å². The zero-order valence-electron chi connectivity index (χ0n) is 13.3. The zero-order valence-corrected chi connectivity index (χ0v) is 14.1. The second kappa shape index (κ2) is 7.92. The van der Waals surface area contributed by atoms with Crippen molar-refractivity contribution in [3.05, 3.63) is 35.9 Å². The average Bonchev–Trinajstić information content (AvgIpc) is 2.47. The fourth-order valence-corrected chi connectivity index (χ4v) is 3.88. The van der Waals surface area contributed by atoms with Crippen LogP contribution in [0.1, 0.15) is 45.1 Å². The van der Waals surface area contributed by atoms with Crippen LogP contribution in [-0.2, 0) is 15.3 Å². The van der Waals surface area contributed by atoms with Gasteiger partial charge in [0.2, 0.25) is 0 Å². The van der Waals surface area contributed by atoms with Crippen molar-refractivity contribution in [2.75, 3.05) is 12.0 Å². The Morgan fingerprint density at radius 1 is 1.19 bits per heavy atom. The molecule has 1 atom stereocenters. The molecule has 1 aromatic carbocycles. The van der Waals surface area contributed by atoms with Gasteiger partial charge in [-0.15, -0.1) is 0 Å². The molecule has 1 aromatic rings. The van der Waals surface area contributed by atoms with Crippen LogP contribution in [0.15, 0.2) is 30.3 Å². The van der Waals surface area contributed by atoms with E-state index in [-0.39, 0.29) is 17.2 Å². The van der Waals surface area contributed by atoms with Crippen molar-refractivity contribution in [2.24, 2.45) is 5.84 Å². The Kier molecular flexibility index (Phi) is 6.84. The number of rotatable bonds is 9. The molecule has 0 aliphatic carbocycles. The average molecular weight is 312 g/mol. The van der Waals surface area contributed by atoms with Crippen molar-refractivity contribution in [3.63, 3.8) is 0 Å². The third-order valence-electron chi connectivity index (χ3n) is 4.49. The Morgan fingerprint density at radius 3 is 2.19 bits per heavy atom. The SMILES string of the molecule is CCC(CC)(c1ccccc1)C(CCCS(C)(=O)=O)NN. The highest BCUT2D eigenvalue weighted by Gasteiger charge is 2.36. The third kappa shape index (κ3) is 4.80. The summed E-state index contributed by atoms with van der Waals surface area (Å²) in [4.78, 5) is 0. The van der Waals surface area contributed by atoms with Gasteiger partial charge in [-0.1, -0.05) is 44.2 Å². The van der Waals surface area contributed by atoms with Crippen molar-refractivity contribution in [2.45, 2.75) is 51.0 Å². The Labute approximate surface area is 129 Å². The van der Waals surface area contributed by atoms with Crippen LogP contribution >= 0.6 is 0 Å². The second-order valence-corrected chi connectivity index (χ2v) is 7.98. The minimum Gasteiger partial charge on any atom is -0.271 e. The minimum atomic E-state index is -2.92. The molecule has 4 nitrogen and oxygen atoms in total. The highest BCUT2D eigenvalue weighted by Crippen LogP contribution is 2.36. The lowest BCUT2D eigenvalue weighted by atomic mass is 9.69. The van der Waals surface area contributed by atoms with Gasteiger partial charge in [-0.2, -0.15) is 0 Å². The van der Waals surface area contributed by atoms with E-state index in [9.17, 15) is 8.42 Å². The molecule has 1 rings (SSSR count). The normalized spacial score (nSPS) is 14.1. The van der Waals surface area contributed by atoms with E-state index in [1.807, 2.05) is 18.2 Å². The van der Waals surface area contributed by atoms with Crippen LogP contribution in [-0.4, -0.2) is 26.5 Å². The van der Waals surface area contributed by atoms with Crippen LogP contribution in [0.3, 0.4) is 0 Å². The molecule has 0 fully saturated rings. The molecule has 0 aliphatic heterocycles.